The van der Waals surface area contributed by atoms with E-state index in [-0.39, 0.29) is 18.4 Å². The molecule has 0 spiro atoms. The van der Waals surface area contributed by atoms with Gasteiger partial charge in [-0.2, -0.15) is 0 Å². The summed E-state index contributed by atoms with van der Waals surface area (Å²) < 4.78 is 4.67. The summed E-state index contributed by atoms with van der Waals surface area (Å²) in [4.78, 5) is 24.2. The molecule has 0 radical (unpaired) electrons. The number of carbonyl (C=O) groups is 2. The number of amides is 1. The van der Waals surface area contributed by atoms with Crippen molar-refractivity contribution in [1.82, 2.24) is 4.90 Å². The first kappa shape index (κ1) is 12.3. The fraction of sp³-hybridized carbons (Fsp3) is 0.778. The molecule has 1 aliphatic rings. The minimum absolute atomic E-state index is 0.0858. The molecule has 1 aliphatic heterocycles. The Bertz CT molecular complexity index is 281. The number of esters is 1. The first-order valence-electron chi connectivity index (χ1n) is 4.68. The zero-order valence-electron chi connectivity index (χ0n) is 9.15. The van der Waals surface area contributed by atoms with E-state index in [2.05, 4.69) is 4.74 Å². The molecule has 1 rings (SSSR count). The molecule has 5 nitrogen and oxygen atoms in total. The Morgan fingerprint density at radius 2 is 2.20 bits per heavy atom. The molecule has 15 heavy (non-hydrogen) atoms. The van der Waals surface area contributed by atoms with Gasteiger partial charge in [-0.25, -0.2) is 4.79 Å². The van der Waals surface area contributed by atoms with Crippen LogP contribution in [0.3, 0.4) is 0 Å². The number of ether oxygens (including phenoxy) is 1. The predicted molar refractivity (Wildman–Crippen MR) is 58.2 cm³/mol. The zero-order chi connectivity index (χ0) is 11.6. The van der Waals surface area contributed by atoms with Crippen molar-refractivity contribution in [3.63, 3.8) is 0 Å². The highest BCUT2D eigenvalue weighted by atomic mass is 32.2. The molecule has 1 saturated heterocycles. The normalized spacial score (nSPS) is 24.0. The van der Waals surface area contributed by atoms with Crippen LogP contribution in [0.15, 0.2) is 0 Å². The number of carbonyl (C=O) groups excluding carboxylic acids is 2. The van der Waals surface area contributed by atoms with Gasteiger partial charge < -0.3 is 15.4 Å². The lowest BCUT2D eigenvalue weighted by molar-refractivity contribution is -0.152. The number of rotatable bonds is 2. The Labute approximate surface area is 93.3 Å². The predicted octanol–water partition coefficient (Wildman–Crippen LogP) is -0.202. The molecule has 0 aromatic heterocycles. The summed E-state index contributed by atoms with van der Waals surface area (Å²) in [5.74, 6) is -0.0407. The van der Waals surface area contributed by atoms with Crippen LogP contribution in [0.2, 0.25) is 0 Å². The monoisotopic (exact) mass is 232 g/mol. The molecule has 1 atom stereocenters. The third kappa shape index (κ3) is 2.26. The van der Waals surface area contributed by atoms with Gasteiger partial charge in [0.2, 0.25) is 5.91 Å². The van der Waals surface area contributed by atoms with Crippen LogP contribution in [0.1, 0.15) is 13.8 Å². The smallest absolute Gasteiger partial charge is 0.329 e. The Morgan fingerprint density at radius 3 is 2.67 bits per heavy atom. The molecule has 0 saturated carbocycles. The second kappa shape index (κ2) is 4.40. The molecule has 1 amide bonds. The molecular weight excluding hydrogens is 216 g/mol. The molecule has 0 aliphatic carbocycles. The van der Waals surface area contributed by atoms with Gasteiger partial charge in [0, 0.05) is 5.75 Å². The molecule has 0 unspecified atom stereocenters. The van der Waals surface area contributed by atoms with Gasteiger partial charge in [-0.3, -0.25) is 4.79 Å². The Kier molecular flexibility index (Phi) is 3.62. The topological polar surface area (TPSA) is 72.6 Å². The summed E-state index contributed by atoms with van der Waals surface area (Å²) in [6.45, 7) is 3.71. The van der Waals surface area contributed by atoms with Crippen molar-refractivity contribution in [3.05, 3.63) is 0 Å². The lowest BCUT2D eigenvalue weighted by Crippen LogP contribution is -2.52. The van der Waals surface area contributed by atoms with Crippen molar-refractivity contribution in [2.75, 3.05) is 19.4 Å². The van der Waals surface area contributed by atoms with E-state index in [1.807, 2.05) is 13.8 Å². The summed E-state index contributed by atoms with van der Waals surface area (Å²) in [6.07, 6.45) is 0. The van der Waals surface area contributed by atoms with E-state index in [1.54, 1.807) is 11.8 Å². The number of methoxy groups -OCH3 is 1. The van der Waals surface area contributed by atoms with Crippen LogP contribution in [0, 0.1) is 0 Å². The van der Waals surface area contributed by atoms with Gasteiger partial charge >= 0.3 is 5.97 Å². The van der Waals surface area contributed by atoms with E-state index in [9.17, 15) is 9.59 Å². The zero-order valence-corrected chi connectivity index (χ0v) is 9.97. The van der Waals surface area contributed by atoms with E-state index in [0.717, 1.165) is 0 Å². The summed E-state index contributed by atoms with van der Waals surface area (Å²) in [5, 5.41) is 0. The number of hydrogen-bond acceptors (Lipinski definition) is 5. The van der Waals surface area contributed by atoms with Crippen LogP contribution >= 0.6 is 11.8 Å². The third-order valence-electron chi connectivity index (χ3n) is 2.40. The fourth-order valence-corrected chi connectivity index (χ4v) is 2.90. The van der Waals surface area contributed by atoms with E-state index < -0.39 is 10.9 Å². The first-order valence-corrected chi connectivity index (χ1v) is 5.66. The van der Waals surface area contributed by atoms with Crippen LogP contribution in [0.4, 0.5) is 0 Å². The minimum Gasteiger partial charge on any atom is -0.467 e. The summed E-state index contributed by atoms with van der Waals surface area (Å²) in [6, 6.07) is -0.508. The number of hydrogen-bond donors (Lipinski definition) is 1. The van der Waals surface area contributed by atoms with Gasteiger partial charge in [0.05, 0.1) is 18.5 Å². The summed E-state index contributed by atoms with van der Waals surface area (Å²) in [7, 11) is 1.32. The molecule has 1 heterocycles. The molecule has 0 bridgehead atoms. The van der Waals surface area contributed by atoms with Crippen LogP contribution in [0.5, 0.6) is 0 Å². The lowest BCUT2D eigenvalue weighted by atomic mass is 10.2. The van der Waals surface area contributed by atoms with Gasteiger partial charge in [0.1, 0.15) is 6.04 Å². The van der Waals surface area contributed by atoms with Gasteiger partial charge in [0.15, 0.2) is 0 Å². The highest BCUT2D eigenvalue weighted by molar-refractivity contribution is 8.00. The van der Waals surface area contributed by atoms with E-state index >= 15 is 0 Å². The molecular formula is C9H16N2O3S. The van der Waals surface area contributed by atoms with Crippen LogP contribution in [0.25, 0.3) is 0 Å². The van der Waals surface area contributed by atoms with Gasteiger partial charge in [-0.1, -0.05) is 0 Å². The average molecular weight is 232 g/mol. The Hall–Kier alpha value is -0.750. The highest BCUT2D eigenvalue weighted by Gasteiger charge is 2.46. The third-order valence-corrected chi connectivity index (χ3v) is 3.79. The van der Waals surface area contributed by atoms with Crippen molar-refractivity contribution in [3.8, 4) is 0 Å². The van der Waals surface area contributed by atoms with Crippen LogP contribution in [-0.2, 0) is 14.3 Å². The second-order valence-corrected chi connectivity index (χ2v) is 5.39. The van der Waals surface area contributed by atoms with Crippen molar-refractivity contribution >= 4 is 23.6 Å². The molecule has 0 aromatic rings. The maximum atomic E-state index is 11.6. The molecule has 6 heteroatoms. The van der Waals surface area contributed by atoms with Gasteiger partial charge in [0.25, 0.3) is 0 Å². The summed E-state index contributed by atoms with van der Waals surface area (Å²) >= 11 is 1.55. The van der Waals surface area contributed by atoms with Crippen LogP contribution < -0.4 is 5.73 Å². The van der Waals surface area contributed by atoms with E-state index in [4.69, 9.17) is 5.73 Å². The number of thioether (sulfide) groups is 1. The number of nitrogens with two attached hydrogens (primary N) is 1. The minimum atomic E-state index is -0.508. The quantitative estimate of drug-likeness (QED) is 0.667. The maximum absolute atomic E-state index is 11.6. The molecule has 1 fully saturated rings. The standard InChI is InChI=1S/C9H16N2O3S/c1-9(2)11(7(12)4-10)6(5-15-9)8(13)14-3/h6H,4-5,10H2,1-3H3/t6-/m0/s1. The lowest BCUT2D eigenvalue weighted by Gasteiger charge is -2.33. The molecule has 0 aromatic carbocycles. The van der Waals surface area contributed by atoms with Crippen LogP contribution in [-0.4, -0.2) is 47.1 Å². The highest BCUT2D eigenvalue weighted by Crippen LogP contribution is 2.38. The van der Waals surface area contributed by atoms with E-state index in [1.165, 1.54) is 12.0 Å². The SMILES string of the molecule is COC(=O)[C@@H]1CSC(C)(C)N1C(=O)CN. The van der Waals surface area contributed by atoms with Crippen molar-refractivity contribution in [2.24, 2.45) is 5.73 Å². The van der Waals surface area contributed by atoms with Gasteiger partial charge in [-0.05, 0) is 13.8 Å². The molecule has 86 valence electrons. The fourth-order valence-electron chi connectivity index (χ4n) is 1.68. The summed E-state index contributed by atoms with van der Waals surface area (Å²) in [5.41, 5.74) is 5.32. The first-order chi connectivity index (χ1) is 6.94. The van der Waals surface area contributed by atoms with E-state index in [0.29, 0.717) is 5.75 Å². The Balaban J connectivity index is 2.91. The van der Waals surface area contributed by atoms with Crippen molar-refractivity contribution < 1.29 is 14.3 Å². The Morgan fingerprint density at radius 1 is 1.60 bits per heavy atom. The van der Waals surface area contributed by atoms with Crippen molar-refractivity contribution in [1.29, 1.82) is 0 Å². The maximum Gasteiger partial charge on any atom is 0.329 e. The number of nitrogens with zero attached hydrogens (tertiary/aromatic N) is 1. The average Bonchev–Trinajstić information content (AvgIpc) is 2.52. The second-order valence-electron chi connectivity index (χ2n) is 3.76. The largest absolute Gasteiger partial charge is 0.467 e. The van der Waals surface area contributed by atoms with Gasteiger partial charge in [-0.15, -0.1) is 11.8 Å². The van der Waals surface area contributed by atoms with Crippen molar-refractivity contribution in [2.45, 2.75) is 24.8 Å². The molecule has 2 N–H and O–H groups in total.